The largest absolute Gasteiger partial charge is 0.478 e. The molecule has 0 saturated carbocycles. The summed E-state index contributed by atoms with van der Waals surface area (Å²) in [5, 5.41) is 8.37. The first-order valence-corrected chi connectivity index (χ1v) is 4.67. The van der Waals surface area contributed by atoms with Crippen molar-refractivity contribution in [1.82, 2.24) is 0 Å². The Hall–Kier alpha value is -2.05. The highest BCUT2D eigenvalue weighted by Crippen LogP contribution is 2.27. The summed E-state index contributed by atoms with van der Waals surface area (Å²) in [6.07, 6.45) is -6.63. The van der Waals surface area contributed by atoms with Crippen LogP contribution in [-0.4, -0.2) is 23.6 Å². The van der Waals surface area contributed by atoms with Gasteiger partial charge in [-0.25, -0.2) is 4.79 Å². The Morgan fingerprint density at radius 2 is 2.06 bits per heavy atom. The molecule has 0 unspecified atom stereocenters. The van der Waals surface area contributed by atoms with E-state index in [1.54, 1.807) is 0 Å². The van der Waals surface area contributed by atoms with Crippen LogP contribution in [0.25, 0.3) is 6.08 Å². The lowest BCUT2D eigenvalue weighted by Gasteiger charge is -2.16. The summed E-state index contributed by atoms with van der Waals surface area (Å²) < 4.78 is 52.8. The van der Waals surface area contributed by atoms with Gasteiger partial charge in [-0.2, -0.15) is 17.6 Å². The quantitative estimate of drug-likeness (QED) is 0.656. The number of alkyl halides is 4. The fourth-order valence-corrected chi connectivity index (χ4v) is 1.05. The van der Waals surface area contributed by atoms with Gasteiger partial charge in [-0.1, -0.05) is 12.1 Å². The fraction of sp³-hybridized carbons (Fsp3) is 0.182. The number of carbonyl (C=O) groups is 1. The lowest BCUT2D eigenvalue weighted by atomic mass is 10.2. The minimum Gasteiger partial charge on any atom is -0.478 e. The summed E-state index contributed by atoms with van der Waals surface area (Å²) in [4.78, 5) is 10.2. The molecule has 0 saturated heterocycles. The lowest BCUT2D eigenvalue weighted by Crippen LogP contribution is -2.33. The molecule has 0 spiro atoms. The minimum absolute atomic E-state index is 0.236. The SMILES string of the molecule is O=C(O)/C=C/c1cccc(OC(F)(F)C(F)F)c1. The molecule has 0 heterocycles. The van der Waals surface area contributed by atoms with Crippen LogP contribution in [0, 0.1) is 0 Å². The van der Waals surface area contributed by atoms with Crippen molar-refractivity contribution in [2.75, 3.05) is 0 Å². The Bertz CT molecular complexity index is 457. The van der Waals surface area contributed by atoms with Crippen molar-refractivity contribution in [3.05, 3.63) is 35.9 Å². The summed E-state index contributed by atoms with van der Waals surface area (Å²) in [7, 11) is 0. The predicted octanol–water partition coefficient (Wildman–Crippen LogP) is 3.02. The maximum atomic E-state index is 12.6. The predicted molar refractivity (Wildman–Crippen MR) is 54.7 cm³/mol. The monoisotopic (exact) mass is 264 g/mol. The third-order valence-corrected chi connectivity index (χ3v) is 1.78. The number of carboxylic acid groups (broad SMARTS) is 1. The summed E-state index contributed by atoms with van der Waals surface area (Å²) in [6, 6.07) is 4.77. The molecule has 0 amide bonds. The van der Waals surface area contributed by atoms with Gasteiger partial charge in [0.25, 0.3) is 0 Å². The number of carboxylic acids is 1. The number of hydrogen-bond acceptors (Lipinski definition) is 2. The van der Waals surface area contributed by atoms with Gasteiger partial charge in [0.15, 0.2) is 0 Å². The molecule has 0 atom stereocenters. The van der Waals surface area contributed by atoms with Crippen LogP contribution in [0.5, 0.6) is 5.75 Å². The normalized spacial score (nSPS) is 12.1. The summed E-state index contributed by atoms with van der Waals surface area (Å²) in [5.74, 6) is -1.70. The molecule has 0 aliphatic carbocycles. The van der Waals surface area contributed by atoms with E-state index in [0.29, 0.717) is 0 Å². The molecule has 0 aromatic heterocycles. The molecular weight excluding hydrogens is 256 g/mol. The van der Waals surface area contributed by atoms with Gasteiger partial charge in [-0.15, -0.1) is 0 Å². The Kier molecular flexibility index (Phi) is 4.30. The van der Waals surface area contributed by atoms with Gasteiger partial charge in [0.05, 0.1) is 0 Å². The highest BCUT2D eigenvalue weighted by Gasteiger charge is 2.43. The summed E-state index contributed by atoms with van der Waals surface area (Å²) in [5.41, 5.74) is 0.236. The van der Waals surface area contributed by atoms with E-state index < -0.39 is 24.3 Å². The van der Waals surface area contributed by atoms with Crippen LogP contribution >= 0.6 is 0 Å². The van der Waals surface area contributed by atoms with Gasteiger partial charge >= 0.3 is 18.5 Å². The topological polar surface area (TPSA) is 46.5 Å². The molecule has 98 valence electrons. The molecule has 1 N–H and O–H groups in total. The van der Waals surface area contributed by atoms with Crippen molar-refractivity contribution < 1.29 is 32.2 Å². The number of rotatable bonds is 5. The molecule has 7 heteroatoms. The van der Waals surface area contributed by atoms with E-state index >= 15 is 0 Å². The van der Waals surface area contributed by atoms with E-state index in [2.05, 4.69) is 4.74 Å². The molecule has 0 bridgehead atoms. The molecule has 0 radical (unpaired) electrons. The van der Waals surface area contributed by atoms with Crippen LogP contribution in [-0.2, 0) is 4.79 Å². The Morgan fingerprint density at radius 1 is 1.39 bits per heavy atom. The van der Waals surface area contributed by atoms with Crippen molar-refractivity contribution in [3.63, 3.8) is 0 Å². The van der Waals surface area contributed by atoms with Crippen LogP contribution in [0.3, 0.4) is 0 Å². The lowest BCUT2D eigenvalue weighted by molar-refractivity contribution is -0.253. The minimum atomic E-state index is -4.59. The van der Waals surface area contributed by atoms with Crippen molar-refractivity contribution in [1.29, 1.82) is 0 Å². The van der Waals surface area contributed by atoms with Gasteiger partial charge in [0.1, 0.15) is 5.75 Å². The molecule has 0 aliphatic rings. The van der Waals surface area contributed by atoms with E-state index in [1.165, 1.54) is 12.1 Å². The van der Waals surface area contributed by atoms with Gasteiger partial charge in [-0.3, -0.25) is 0 Å². The summed E-state index contributed by atoms with van der Waals surface area (Å²) in [6.45, 7) is 0. The average molecular weight is 264 g/mol. The van der Waals surface area contributed by atoms with E-state index in [0.717, 1.165) is 24.3 Å². The van der Waals surface area contributed by atoms with Crippen molar-refractivity contribution in [3.8, 4) is 5.75 Å². The van der Waals surface area contributed by atoms with Gasteiger partial charge in [-0.05, 0) is 23.8 Å². The zero-order valence-corrected chi connectivity index (χ0v) is 8.82. The number of halogens is 4. The van der Waals surface area contributed by atoms with E-state index in [-0.39, 0.29) is 5.56 Å². The molecular formula is C11H8F4O3. The van der Waals surface area contributed by atoms with Crippen molar-refractivity contribution in [2.45, 2.75) is 12.5 Å². The van der Waals surface area contributed by atoms with Crippen LogP contribution in [0.15, 0.2) is 30.3 Å². The number of ether oxygens (including phenoxy) is 1. The Morgan fingerprint density at radius 3 is 2.61 bits per heavy atom. The first-order valence-electron chi connectivity index (χ1n) is 4.67. The molecule has 0 aliphatic heterocycles. The first kappa shape index (κ1) is 14.0. The maximum Gasteiger partial charge on any atom is 0.461 e. The van der Waals surface area contributed by atoms with Gasteiger partial charge in [0.2, 0.25) is 0 Å². The van der Waals surface area contributed by atoms with E-state index in [1.807, 2.05) is 0 Å². The van der Waals surface area contributed by atoms with Crippen molar-refractivity contribution in [2.24, 2.45) is 0 Å². The fourth-order valence-electron chi connectivity index (χ4n) is 1.05. The van der Waals surface area contributed by atoms with Crippen LogP contribution in [0.4, 0.5) is 17.6 Å². The number of aliphatic carboxylic acids is 1. The molecule has 0 fully saturated rings. The van der Waals surface area contributed by atoms with Gasteiger partial charge in [0, 0.05) is 6.08 Å². The zero-order chi connectivity index (χ0) is 13.8. The van der Waals surface area contributed by atoms with Crippen molar-refractivity contribution >= 4 is 12.0 Å². The molecule has 3 nitrogen and oxygen atoms in total. The Labute approximate surface area is 99.3 Å². The Balaban J connectivity index is 2.86. The molecule has 1 aromatic carbocycles. The summed E-state index contributed by atoms with van der Waals surface area (Å²) >= 11 is 0. The highest BCUT2D eigenvalue weighted by atomic mass is 19.3. The van der Waals surface area contributed by atoms with E-state index in [9.17, 15) is 22.4 Å². The second kappa shape index (κ2) is 5.52. The second-order valence-electron chi connectivity index (χ2n) is 3.21. The number of benzene rings is 1. The highest BCUT2D eigenvalue weighted by molar-refractivity contribution is 5.85. The zero-order valence-electron chi connectivity index (χ0n) is 8.82. The third-order valence-electron chi connectivity index (χ3n) is 1.78. The second-order valence-corrected chi connectivity index (χ2v) is 3.21. The first-order chi connectivity index (χ1) is 8.31. The van der Waals surface area contributed by atoms with Crippen LogP contribution in [0.2, 0.25) is 0 Å². The smallest absolute Gasteiger partial charge is 0.461 e. The number of hydrogen-bond donors (Lipinski definition) is 1. The molecule has 1 aromatic rings. The third kappa shape index (κ3) is 4.08. The van der Waals surface area contributed by atoms with E-state index in [4.69, 9.17) is 5.11 Å². The van der Waals surface area contributed by atoms with Crippen LogP contribution in [0.1, 0.15) is 5.56 Å². The van der Waals surface area contributed by atoms with Crippen LogP contribution < -0.4 is 4.74 Å². The molecule has 1 rings (SSSR count). The van der Waals surface area contributed by atoms with Gasteiger partial charge < -0.3 is 9.84 Å². The maximum absolute atomic E-state index is 12.6. The average Bonchev–Trinajstić information content (AvgIpc) is 2.26. The molecule has 18 heavy (non-hydrogen) atoms. The standard InChI is InChI=1S/C11H8F4O3/c12-10(13)11(14,15)18-8-3-1-2-7(6-8)4-5-9(16)17/h1-6,10H,(H,16,17)/b5-4+.